The Morgan fingerprint density at radius 1 is 1.07 bits per heavy atom. The van der Waals surface area contributed by atoms with E-state index in [2.05, 4.69) is 5.32 Å². The third kappa shape index (κ3) is 6.10. The maximum Gasteiger partial charge on any atom is 0.242 e. The summed E-state index contributed by atoms with van der Waals surface area (Å²) in [6.07, 6.45) is 1.08. The molecule has 0 aliphatic carbocycles. The van der Waals surface area contributed by atoms with Gasteiger partial charge in [0, 0.05) is 17.6 Å². The monoisotopic (exact) mass is 400 g/mol. The largest absolute Gasteiger partial charge is 0.352 e. The highest BCUT2D eigenvalue weighted by Crippen LogP contribution is 2.19. The maximum absolute atomic E-state index is 13.1. The Labute approximate surface area is 172 Å². The third-order valence-electron chi connectivity index (χ3n) is 4.94. The Hall–Kier alpha value is -2.33. The lowest BCUT2D eigenvalue weighted by Crippen LogP contribution is -2.49. The van der Waals surface area contributed by atoms with Gasteiger partial charge in [-0.1, -0.05) is 66.6 Å². The first kappa shape index (κ1) is 22.0. The molecule has 2 aromatic carbocycles. The van der Waals surface area contributed by atoms with Crippen LogP contribution in [0.15, 0.2) is 48.5 Å². The van der Waals surface area contributed by atoms with E-state index in [1.54, 1.807) is 17.9 Å². The van der Waals surface area contributed by atoms with E-state index >= 15 is 0 Å². The Balaban J connectivity index is 2.23. The number of carbonyl (C=O) groups is 2. The molecule has 4 nitrogen and oxygen atoms in total. The molecule has 0 unspecified atom stereocenters. The molecular formula is C23H29ClN2O2. The Bertz CT molecular complexity index is 805. The molecule has 1 N–H and O–H groups in total. The van der Waals surface area contributed by atoms with Gasteiger partial charge in [-0.05, 0) is 44.4 Å². The number of amides is 2. The zero-order valence-corrected chi connectivity index (χ0v) is 17.8. The van der Waals surface area contributed by atoms with Crippen molar-refractivity contribution in [3.05, 3.63) is 70.2 Å². The molecule has 0 radical (unpaired) electrons. The van der Waals surface area contributed by atoms with Crippen LogP contribution >= 0.6 is 11.6 Å². The van der Waals surface area contributed by atoms with E-state index in [0.717, 1.165) is 23.1 Å². The van der Waals surface area contributed by atoms with Gasteiger partial charge in [0.2, 0.25) is 11.8 Å². The first-order valence-electron chi connectivity index (χ1n) is 9.70. The highest BCUT2D eigenvalue weighted by Gasteiger charge is 2.27. The van der Waals surface area contributed by atoms with Crippen molar-refractivity contribution in [2.45, 2.75) is 59.2 Å². The Morgan fingerprint density at radius 3 is 2.32 bits per heavy atom. The molecule has 0 heterocycles. The summed E-state index contributed by atoms with van der Waals surface area (Å²) in [7, 11) is 0. The standard InChI is InChI=1S/C23H29ClN2O2/c1-5-17(3)25-23(28)18(4)26(15-20-8-6-7-9-21(20)24)22(27)14-19-12-10-16(2)11-13-19/h6-13,17-18H,5,14-15H2,1-4H3,(H,25,28)/t17-,18-/m1/s1. The van der Waals surface area contributed by atoms with Crippen LogP contribution in [0.2, 0.25) is 5.02 Å². The van der Waals surface area contributed by atoms with Gasteiger partial charge in [-0.25, -0.2) is 0 Å². The fraction of sp³-hybridized carbons (Fsp3) is 0.391. The predicted octanol–water partition coefficient (Wildman–Crippen LogP) is 4.52. The van der Waals surface area contributed by atoms with Gasteiger partial charge < -0.3 is 10.2 Å². The van der Waals surface area contributed by atoms with Gasteiger partial charge >= 0.3 is 0 Å². The lowest BCUT2D eigenvalue weighted by molar-refractivity contribution is -0.140. The number of hydrogen-bond donors (Lipinski definition) is 1. The van der Waals surface area contributed by atoms with Crippen molar-refractivity contribution in [3.8, 4) is 0 Å². The summed E-state index contributed by atoms with van der Waals surface area (Å²) in [5.74, 6) is -0.255. The normalized spacial score (nSPS) is 12.9. The molecule has 0 aliphatic heterocycles. The number of carbonyl (C=O) groups excluding carboxylic acids is 2. The molecule has 2 atom stereocenters. The van der Waals surface area contributed by atoms with Gasteiger partial charge in [0.1, 0.15) is 6.04 Å². The van der Waals surface area contributed by atoms with Crippen molar-refractivity contribution >= 4 is 23.4 Å². The molecule has 0 fully saturated rings. The van der Waals surface area contributed by atoms with Gasteiger partial charge in [0.05, 0.1) is 6.42 Å². The molecule has 28 heavy (non-hydrogen) atoms. The van der Waals surface area contributed by atoms with Crippen molar-refractivity contribution in [2.75, 3.05) is 0 Å². The van der Waals surface area contributed by atoms with Crippen LogP contribution in [0.3, 0.4) is 0 Å². The molecule has 5 heteroatoms. The van der Waals surface area contributed by atoms with Crippen molar-refractivity contribution in [1.82, 2.24) is 10.2 Å². The molecular weight excluding hydrogens is 372 g/mol. The van der Waals surface area contributed by atoms with E-state index in [1.165, 1.54) is 0 Å². The van der Waals surface area contributed by atoms with Crippen LogP contribution in [-0.2, 0) is 22.6 Å². The lowest BCUT2D eigenvalue weighted by Gasteiger charge is -2.30. The summed E-state index contributed by atoms with van der Waals surface area (Å²) < 4.78 is 0. The molecule has 0 aliphatic rings. The second-order valence-electron chi connectivity index (χ2n) is 7.27. The zero-order valence-electron chi connectivity index (χ0n) is 17.0. The molecule has 2 rings (SSSR count). The van der Waals surface area contributed by atoms with Crippen LogP contribution in [0.5, 0.6) is 0 Å². The van der Waals surface area contributed by atoms with E-state index in [9.17, 15) is 9.59 Å². The summed E-state index contributed by atoms with van der Waals surface area (Å²) in [6.45, 7) is 8.04. The third-order valence-corrected chi connectivity index (χ3v) is 5.31. The topological polar surface area (TPSA) is 49.4 Å². The zero-order chi connectivity index (χ0) is 20.7. The van der Waals surface area contributed by atoms with Crippen LogP contribution < -0.4 is 5.32 Å². The second kappa shape index (κ2) is 10.3. The fourth-order valence-corrected chi connectivity index (χ4v) is 3.04. The van der Waals surface area contributed by atoms with Crippen molar-refractivity contribution in [3.63, 3.8) is 0 Å². The SMILES string of the molecule is CC[C@@H](C)NC(=O)[C@@H](C)N(Cc1ccccc1Cl)C(=O)Cc1ccc(C)cc1. The maximum atomic E-state index is 13.1. The smallest absolute Gasteiger partial charge is 0.242 e. The molecule has 2 aromatic rings. The summed E-state index contributed by atoms with van der Waals surface area (Å²) >= 11 is 6.30. The highest BCUT2D eigenvalue weighted by molar-refractivity contribution is 6.31. The number of halogens is 1. The molecule has 150 valence electrons. The number of hydrogen-bond acceptors (Lipinski definition) is 2. The predicted molar refractivity (Wildman–Crippen MR) is 114 cm³/mol. The van der Waals surface area contributed by atoms with E-state index in [4.69, 9.17) is 11.6 Å². The lowest BCUT2D eigenvalue weighted by atomic mass is 10.1. The van der Waals surface area contributed by atoms with Gasteiger partial charge in [-0.2, -0.15) is 0 Å². The van der Waals surface area contributed by atoms with Gasteiger partial charge in [0.15, 0.2) is 0 Å². The van der Waals surface area contributed by atoms with E-state index in [0.29, 0.717) is 11.6 Å². The Morgan fingerprint density at radius 2 is 1.71 bits per heavy atom. The van der Waals surface area contributed by atoms with E-state index < -0.39 is 6.04 Å². The van der Waals surface area contributed by atoms with Gasteiger partial charge in [0.25, 0.3) is 0 Å². The molecule has 0 spiro atoms. The van der Waals surface area contributed by atoms with Crippen LogP contribution in [-0.4, -0.2) is 28.8 Å². The van der Waals surface area contributed by atoms with Gasteiger partial charge in [-0.15, -0.1) is 0 Å². The molecule has 0 saturated carbocycles. The number of nitrogens with zero attached hydrogens (tertiary/aromatic N) is 1. The van der Waals surface area contributed by atoms with E-state index in [1.807, 2.05) is 63.2 Å². The number of rotatable bonds is 8. The first-order chi connectivity index (χ1) is 13.3. The molecule has 2 amide bonds. The van der Waals surface area contributed by atoms with Crippen LogP contribution in [0.25, 0.3) is 0 Å². The quantitative estimate of drug-likeness (QED) is 0.708. The van der Waals surface area contributed by atoms with Crippen LogP contribution in [0.4, 0.5) is 0 Å². The second-order valence-corrected chi connectivity index (χ2v) is 7.68. The Kier molecular flexibility index (Phi) is 8.06. The molecule has 0 saturated heterocycles. The number of benzene rings is 2. The minimum atomic E-state index is -0.594. The van der Waals surface area contributed by atoms with Crippen molar-refractivity contribution in [1.29, 1.82) is 0 Å². The summed E-state index contributed by atoms with van der Waals surface area (Å²) in [4.78, 5) is 27.4. The number of aryl methyl sites for hydroxylation is 1. The summed E-state index contributed by atoms with van der Waals surface area (Å²) in [5, 5.41) is 3.56. The van der Waals surface area contributed by atoms with Crippen molar-refractivity contribution in [2.24, 2.45) is 0 Å². The highest BCUT2D eigenvalue weighted by atomic mass is 35.5. The van der Waals surface area contributed by atoms with Crippen molar-refractivity contribution < 1.29 is 9.59 Å². The molecule has 0 bridgehead atoms. The van der Waals surface area contributed by atoms with Crippen LogP contribution in [0, 0.1) is 6.92 Å². The minimum absolute atomic E-state index is 0.0595. The van der Waals surface area contributed by atoms with Gasteiger partial charge in [-0.3, -0.25) is 9.59 Å². The number of nitrogens with one attached hydrogen (secondary N) is 1. The van der Waals surface area contributed by atoms with Crippen LogP contribution in [0.1, 0.15) is 43.9 Å². The fourth-order valence-electron chi connectivity index (χ4n) is 2.84. The molecule has 0 aromatic heterocycles. The minimum Gasteiger partial charge on any atom is -0.352 e. The average molecular weight is 401 g/mol. The average Bonchev–Trinajstić information content (AvgIpc) is 2.68. The summed E-state index contributed by atoms with van der Waals surface area (Å²) in [5.41, 5.74) is 2.89. The van der Waals surface area contributed by atoms with E-state index in [-0.39, 0.29) is 24.3 Å². The first-order valence-corrected chi connectivity index (χ1v) is 10.1. The summed E-state index contributed by atoms with van der Waals surface area (Å²) in [6, 6.07) is 14.7.